The van der Waals surface area contributed by atoms with E-state index in [1.807, 2.05) is 42.5 Å². The zero-order valence-electron chi connectivity index (χ0n) is 22.8. The minimum atomic E-state index is -3.92. The highest BCUT2D eigenvalue weighted by Gasteiger charge is 2.30. The summed E-state index contributed by atoms with van der Waals surface area (Å²) in [6.07, 6.45) is 0. The molecule has 208 valence electrons. The highest BCUT2D eigenvalue weighted by Crippen LogP contribution is 2.39. The van der Waals surface area contributed by atoms with E-state index in [2.05, 4.69) is 15.4 Å². The smallest absolute Gasteiger partial charge is 0.323 e. The summed E-state index contributed by atoms with van der Waals surface area (Å²) in [4.78, 5) is 28.8. The highest BCUT2D eigenvalue weighted by molar-refractivity contribution is 7.92. The van der Waals surface area contributed by atoms with Crippen molar-refractivity contribution in [3.63, 3.8) is 0 Å². The van der Waals surface area contributed by atoms with Gasteiger partial charge < -0.3 is 15.5 Å². The van der Waals surface area contributed by atoms with Crippen molar-refractivity contribution >= 4 is 56.0 Å². The second-order valence-electron chi connectivity index (χ2n) is 9.66. The fourth-order valence-electron chi connectivity index (χ4n) is 4.49. The topological polar surface area (TPSA) is 111 Å². The summed E-state index contributed by atoms with van der Waals surface area (Å²) in [5, 5.41) is 6.22. The van der Waals surface area contributed by atoms with Crippen LogP contribution >= 0.6 is 0 Å². The number of hydrogen-bond donors (Lipinski definition) is 3. The Morgan fingerprint density at radius 3 is 2.05 bits per heavy atom. The van der Waals surface area contributed by atoms with Crippen molar-refractivity contribution in [2.75, 3.05) is 41.4 Å². The Morgan fingerprint density at radius 2 is 1.41 bits per heavy atom. The van der Waals surface area contributed by atoms with Crippen LogP contribution in [0.15, 0.2) is 108 Å². The van der Waals surface area contributed by atoms with E-state index in [1.165, 1.54) is 21.9 Å². The maximum atomic E-state index is 13.3. The number of rotatable bonds is 7. The number of carbonyl (C=O) groups excluding carboxylic acids is 2. The summed E-state index contributed by atoms with van der Waals surface area (Å²) in [5.74, 6) is -0.357. The Morgan fingerprint density at radius 1 is 0.780 bits per heavy atom. The second-order valence-corrected chi connectivity index (χ2v) is 11.3. The molecule has 0 aromatic heterocycles. The summed E-state index contributed by atoms with van der Waals surface area (Å²) in [6, 6.07) is 29.6. The quantitative estimate of drug-likeness (QED) is 0.254. The van der Waals surface area contributed by atoms with Crippen molar-refractivity contribution in [1.29, 1.82) is 0 Å². The molecule has 0 saturated carbocycles. The molecule has 5 rings (SSSR count). The van der Waals surface area contributed by atoms with Crippen molar-refractivity contribution in [1.82, 2.24) is 4.90 Å². The molecule has 9 nitrogen and oxygen atoms in total. The molecule has 0 fully saturated rings. The zero-order chi connectivity index (χ0) is 29.1. The van der Waals surface area contributed by atoms with Gasteiger partial charge in [0.2, 0.25) is 0 Å². The average Bonchev–Trinajstić information content (AvgIpc) is 3.30. The van der Waals surface area contributed by atoms with Crippen LogP contribution < -0.4 is 20.3 Å². The molecule has 0 aliphatic carbocycles. The second kappa shape index (κ2) is 11.2. The van der Waals surface area contributed by atoms with E-state index in [4.69, 9.17) is 0 Å². The van der Waals surface area contributed by atoms with Crippen LogP contribution in [0.25, 0.3) is 11.3 Å². The van der Waals surface area contributed by atoms with Crippen LogP contribution in [0, 0.1) is 0 Å². The summed E-state index contributed by atoms with van der Waals surface area (Å²) in [7, 11) is 1.15. The lowest BCUT2D eigenvalue weighted by atomic mass is 10.00. The molecule has 0 spiro atoms. The van der Waals surface area contributed by atoms with Gasteiger partial charge in [-0.05, 0) is 60.2 Å². The first-order valence-electron chi connectivity index (χ1n) is 12.8. The molecule has 0 bridgehead atoms. The van der Waals surface area contributed by atoms with Crippen molar-refractivity contribution < 1.29 is 18.0 Å². The SMILES string of the molecule is CN(C)C(=O)N(C)c1ccc(N/C(=C2\C(=O)Nc3ccc(S(=O)(=O)Nc4ccccc4)cc32)c2ccccc2)cc1. The third kappa shape index (κ3) is 5.78. The van der Waals surface area contributed by atoms with Gasteiger partial charge in [0.1, 0.15) is 0 Å². The number of fused-ring (bicyclic) bond motifs is 1. The molecular weight excluding hydrogens is 538 g/mol. The summed E-state index contributed by atoms with van der Waals surface area (Å²) >= 11 is 0. The number of nitrogens with one attached hydrogen (secondary N) is 3. The lowest BCUT2D eigenvalue weighted by Crippen LogP contribution is -2.36. The molecule has 0 unspecified atom stereocenters. The van der Waals surface area contributed by atoms with Crippen LogP contribution in [-0.4, -0.2) is 46.4 Å². The standard InChI is InChI=1S/C31H29N5O4S/c1-35(2)31(38)36(3)24-16-14-22(15-17-24)32-29(21-10-6-4-7-11-21)28-26-20-25(18-19-27(26)33-30(28)37)41(39,40)34-23-12-8-5-9-13-23/h4-20,32,34H,1-3H3,(H,33,37)/b29-28-. The summed E-state index contributed by atoms with van der Waals surface area (Å²) in [6.45, 7) is 0. The minimum absolute atomic E-state index is 0.0273. The zero-order valence-corrected chi connectivity index (χ0v) is 23.6. The molecule has 1 aliphatic heterocycles. The molecule has 10 heteroatoms. The first-order chi connectivity index (χ1) is 19.6. The molecule has 1 heterocycles. The Hall–Kier alpha value is -5.09. The number of urea groups is 1. The lowest BCUT2D eigenvalue weighted by molar-refractivity contribution is -0.110. The number of sulfonamides is 1. The number of amides is 3. The van der Waals surface area contributed by atoms with Crippen LogP contribution in [0.4, 0.5) is 27.5 Å². The number of benzene rings is 4. The van der Waals surface area contributed by atoms with Crippen LogP contribution in [0.3, 0.4) is 0 Å². The average molecular weight is 568 g/mol. The lowest BCUT2D eigenvalue weighted by Gasteiger charge is -2.22. The van der Waals surface area contributed by atoms with Crippen LogP contribution in [0.2, 0.25) is 0 Å². The van der Waals surface area contributed by atoms with Gasteiger partial charge in [-0.25, -0.2) is 13.2 Å². The van der Waals surface area contributed by atoms with Crippen LogP contribution in [0.5, 0.6) is 0 Å². The van der Waals surface area contributed by atoms with Gasteiger partial charge in [-0.3, -0.25) is 14.4 Å². The van der Waals surface area contributed by atoms with E-state index >= 15 is 0 Å². The molecule has 0 radical (unpaired) electrons. The van der Waals surface area contributed by atoms with Gasteiger partial charge in [0.25, 0.3) is 15.9 Å². The fourth-order valence-corrected chi connectivity index (χ4v) is 5.57. The summed E-state index contributed by atoms with van der Waals surface area (Å²) in [5.41, 5.74) is 4.36. The fraction of sp³-hybridized carbons (Fsp3) is 0.0968. The molecule has 3 amide bonds. The third-order valence-electron chi connectivity index (χ3n) is 6.58. The number of anilines is 4. The molecule has 1 aliphatic rings. The highest BCUT2D eigenvalue weighted by atomic mass is 32.2. The molecule has 4 aromatic carbocycles. The Bertz CT molecular complexity index is 1740. The van der Waals surface area contributed by atoms with Gasteiger partial charge >= 0.3 is 6.03 Å². The first kappa shape index (κ1) is 27.5. The van der Waals surface area contributed by atoms with E-state index in [1.54, 1.807) is 69.7 Å². The minimum Gasteiger partial charge on any atom is -0.354 e. The predicted molar refractivity (Wildman–Crippen MR) is 163 cm³/mol. The Balaban J connectivity index is 1.55. The molecule has 4 aromatic rings. The van der Waals surface area contributed by atoms with Crippen LogP contribution in [-0.2, 0) is 14.8 Å². The van der Waals surface area contributed by atoms with E-state index in [0.717, 1.165) is 5.56 Å². The Kier molecular flexibility index (Phi) is 7.50. The van der Waals surface area contributed by atoms with E-state index < -0.39 is 10.0 Å². The van der Waals surface area contributed by atoms with E-state index in [9.17, 15) is 18.0 Å². The molecule has 0 saturated heterocycles. The third-order valence-corrected chi connectivity index (χ3v) is 7.96. The number of carbonyl (C=O) groups is 2. The van der Waals surface area contributed by atoms with Gasteiger partial charge in [0.15, 0.2) is 0 Å². The van der Waals surface area contributed by atoms with Crippen LogP contribution in [0.1, 0.15) is 11.1 Å². The number of para-hydroxylation sites is 1. The molecule has 0 atom stereocenters. The summed E-state index contributed by atoms with van der Waals surface area (Å²) < 4.78 is 29.0. The molecule has 3 N–H and O–H groups in total. The van der Waals surface area contributed by atoms with Gasteiger partial charge in [-0.15, -0.1) is 0 Å². The van der Waals surface area contributed by atoms with Gasteiger partial charge in [-0.2, -0.15) is 0 Å². The number of nitrogens with zero attached hydrogens (tertiary/aromatic N) is 2. The first-order valence-corrected chi connectivity index (χ1v) is 14.3. The normalized spacial score (nSPS) is 13.6. The molecule has 41 heavy (non-hydrogen) atoms. The predicted octanol–water partition coefficient (Wildman–Crippen LogP) is 5.54. The van der Waals surface area contributed by atoms with Crippen molar-refractivity contribution in [2.24, 2.45) is 0 Å². The van der Waals surface area contributed by atoms with Crippen molar-refractivity contribution in [3.05, 3.63) is 114 Å². The van der Waals surface area contributed by atoms with Crippen molar-refractivity contribution in [3.8, 4) is 0 Å². The largest absolute Gasteiger partial charge is 0.354 e. The van der Waals surface area contributed by atoms with Crippen molar-refractivity contribution in [2.45, 2.75) is 4.90 Å². The number of hydrogen-bond acceptors (Lipinski definition) is 5. The monoisotopic (exact) mass is 567 g/mol. The van der Waals surface area contributed by atoms with Gasteiger partial charge in [0.05, 0.1) is 16.2 Å². The Labute approximate surface area is 239 Å². The maximum absolute atomic E-state index is 13.3. The van der Waals surface area contributed by atoms with Gasteiger partial charge in [-0.1, -0.05) is 48.5 Å². The molecular formula is C31H29N5O4S. The van der Waals surface area contributed by atoms with E-state index in [0.29, 0.717) is 39.6 Å². The van der Waals surface area contributed by atoms with Gasteiger partial charge in [0, 0.05) is 49.5 Å². The van der Waals surface area contributed by atoms with E-state index in [-0.39, 0.29) is 16.8 Å². The maximum Gasteiger partial charge on any atom is 0.323 e.